The molecular formula is C21H19F2N7O. The van der Waals surface area contributed by atoms with Gasteiger partial charge in [0.25, 0.3) is 5.91 Å². The Hall–Kier alpha value is -3.66. The highest BCUT2D eigenvalue weighted by Gasteiger charge is 2.23. The van der Waals surface area contributed by atoms with E-state index in [0.29, 0.717) is 11.5 Å². The molecule has 0 unspecified atom stereocenters. The van der Waals surface area contributed by atoms with E-state index in [4.69, 9.17) is 0 Å². The maximum Gasteiger partial charge on any atom is 0.262 e. The third kappa shape index (κ3) is 3.77. The summed E-state index contributed by atoms with van der Waals surface area (Å²) in [5, 5.41) is 14.8. The molecule has 158 valence electrons. The van der Waals surface area contributed by atoms with Crippen LogP contribution in [0.1, 0.15) is 34.8 Å². The molecule has 0 aliphatic carbocycles. The number of halogens is 2. The fraction of sp³-hybridized carbons (Fsp3) is 0.238. The fourth-order valence-electron chi connectivity index (χ4n) is 3.84. The Balaban J connectivity index is 1.54. The summed E-state index contributed by atoms with van der Waals surface area (Å²) in [6.07, 6.45) is 6.46. The van der Waals surface area contributed by atoms with Crippen molar-refractivity contribution in [2.45, 2.75) is 18.8 Å². The van der Waals surface area contributed by atoms with Crippen molar-refractivity contribution in [2.24, 2.45) is 0 Å². The van der Waals surface area contributed by atoms with Crippen molar-refractivity contribution in [3.63, 3.8) is 0 Å². The van der Waals surface area contributed by atoms with Crippen molar-refractivity contribution in [1.29, 1.82) is 0 Å². The summed E-state index contributed by atoms with van der Waals surface area (Å²) in [4.78, 5) is 17.2. The number of amides is 1. The first-order chi connectivity index (χ1) is 15.1. The Morgan fingerprint density at radius 3 is 2.68 bits per heavy atom. The van der Waals surface area contributed by atoms with Gasteiger partial charge < -0.3 is 10.6 Å². The number of carbonyl (C=O) groups is 1. The van der Waals surface area contributed by atoms with E-state index in [1.54, 1.807) is 24.5 Å². The molecule has 8 nitrogen and oxygen atoms in total. The molecule has 31 heavy (non-hydrogen) atoms. The first-order valence-electron chi connectivity index (χ1n) is 9.95. The van der Waals surface area contributed by atoms with E-state index in [0.717, 1.165) is 37.7 Å². The van der Waals surface area contributed by atoms with Gasteiger partial charge in [0.05, 0.1) is 17.6 Å². The number of aromatic nitrogens is 5. The number of anilines is 1. The smallest absolute Gasteiger partial charge is 0.262 e. The average molecular weight is 423 g/mol. The lowest BCUT2D eigenvalue weighted by Crippen LogP contribution is -2.26. The van der Waals surface area contributed by atoms with Crippen molar-refractivity contribution in [3.05, 3.63) is 71.8 Å². The molecule has 0 bridgehead atoms. The standard InChI is InChI=1S/C21H19F2N7O/c22-14-8-15(23)10-16(9-14)30-19(11-18(28-30)13-2-5-24-6-3-13)27-21(31)17-12-26-29-7-1-4-25-20(17)29/h1,4,7-13,24H,2-3,5-6H2,(H,27,31). The Kier molecular flexibility index (Phi) is 4.91. The maximum absolute atomic E-state index is 13.9. The number of fused-ring (bicyclic) bond motifs is 1. The van der Waals surface area contributed by atoms with E-state index in [9.17, 15) is 13.6 Å². The summed E-state index contributed by atoms with van der Waals surface area (Å²) in [5.74, 6) is -1.38. The van der Waals surface area contributed by atoms with Crippen LogP contribution in [-0.4, -0.2) is 43.4 Å². The van der Waals surface area contributed by atoms with Crippen molar-refractivity contribution in [1.82, 2.24) is 29.7 Å². The largest absolute Gasteiger partial charge is 0.317 e. The Bertz CT molecular complexity index is 1240. The number of nitrogens with zero attached hydrogens (tertiary/aromatic N) is 5. The van der Waals surface area contributed by atoms with Gasteiger partial charge in [-0.15, -0.1) is 0 Å². The van der Waals surface area contributed by atoms with Crippen LogP contribution in [0.3, 0.4) is 0 Å². The van der Waals surface area contributed by atoms with Crippen LogP contribution in [0.15, 0.2) is 48.9 Å². The normalized spacial score (nSPS) is 14.8. The van der Waals surface area contributed by atoms with E-state index in [2.05, 4.69) is 25.8 Å². The van der Waals surface area contributed by atoms with Gasteiger partial charge in [0.15, 0.2) is 5.65 Å². The Morgan fingerprint density at radius 2 is 1.90 bits per heavy atom. The molecule has 0 atom stereocenters. The zero-order chi connectivity index (χ0) is 21.4. The van der Waals surface area contributed by atoms with Gasteiger partial charge >= 0.3 is 0 Å². The van der Waals surface area contributed by atoms with E-state index in [-0.39, 0.29) is 17.2 Å². The molecule has 0 spiro atoms. The number of hydrogen-bond acceptors (Lipinski definition) is 5. The summed E-state index contributed by atoms with van der Waals surface area (Å²) in [5.41, 5.74) is 1.63. The molecule has 1 saturated heterocycles. The zero-order valence-electron chi connectivity index (χ0n) is 16.4. The molecule has 1 aliphatic heterocycles. The number of hydrogen-bond donors (Lipinski definition) is 2. The van der Waals surface area contributed by atoms with Crippen molar-refractivity contribution < 1.29 is 13.6 Å². The molecule has 4 heterocycles. The van der Waals surface area contributed by atoms with E-state index in [1.807, 2.05) is 0 Å². The first kappa shape index (κ1) is 19.3. The molecule has 2 N–H and O–H groups in total. The monoisotopic (exact) mass is 423 g/mol. The van der Waals surface area contributed by atoms with Crippen LogP contribution in [0.5, 0.6) is 0 Å². The van der Waals surface area contributed by atoms with Crippen molar-refractivity contribution >= 4 is 17.4 Å². The Labute approximate surface area is 175 Å². The highest BCUT2D eigenvalue weighted by molar-refractivity contribution is 6.07. The van der Waals surface area contributed by atoms with E-state index >= 15 is 0 Å². The lowest BCUT2D eigenvalue weighted by atomic mass is 9.95. The third-order valence-electron chi connectivity index (χ3n) is 5.34. The third-order valence-corrected chi connectivity index (χ3v) is 5.34. The lowest BCUT2D eigenvalue weighted by molar-refractivity contribution is 0.102. The summed E-state index contributed by atoms with van der Waals surface area (Å²) in [6, 6.07) is 6.61. The topological polar surface area (TPSA) is 89.1 Å². The van der Waals surface area contributed by atoms with Gasteiger partial charge in [-0.1, -0.05) is 0 Å². The highest BCUT2D eigenvalue weighted by atomic mass is 19.1. The molecule has 0 saturated carbocycles. The minimum atomic E-state index is -0.724. The molecule has 3 aromatic heterocycles. The Morgan fingerprint density at radius 1 is 1.13 bits per heavy atom. The molecule has 10 heteroatoms. The van der Waals surface area contributed by atoms with Gasteiger partial charge in [-0.25, -0.2) is 23.0 Å². The number of benzene rings is 1. The van der Waals surface area contributed by atoms with Crippen LogP contribution in [0.25, 0.3) is 11.3 Å². The van der Waals surface area contributed by atoms with Crippen LogP contribution in [0.2, 0.25) is 0 Å². The summed E-state index contributed by atoms with van der Waals surface area (Å²) in [7, 11) is 0. The number of nitrogens with one attached hydrogen (secondary N) is 2. The molecule has 5 rings (SSSR count). The molecule has 1 fully saturated rings. The van der Waals surface area contributed by atoms with Crippen LogP contribution < -0.4 is 10.6 Å². The van der Waals surface area contributed by atoms with Gasteiger partial charge in [0, 0.05) is 30.4 Å². The second-order valence-electron chi connectivity index (χ2n) is 7.42. The van der Waals surface area contributed by atoms with Gasteiger partial charge in [0.2, 0.25) is 0 Å². The quantitative estimate of drug-likeness (QED) is 0.527. The van der Waals surface area contributed by atoms with Crippen LogP contribution in [0.4, 0.5) is 14.6 Å². The number of rotatable bonds is 4. The predicted molar refractivity (Wildman–Crippen MR) is 109 cm³/mol. The minimum absolute atomic E-state index is 0.186. The SMILES string of the molecule is O=C(Nc1cc(C2CCNCC2)nn1-c1cc(F)cc(F)c1)c1cnn2cccnc12. The van der Waals surface area contributed by atoms with Crippen LogP contribution in [-0.2, 0) is 0 Å². The summed E-state index contributed by atoms with van der Waals surface area (Å²) >= 11 is 0. The van der Waals surface area contributed by atoms with Gasteiger partial charge in [-0.3, -0.25) is 4.79 Å². The van der Waals surface area contributed by atoms with Gasteiger partial charge in [-0.2, -0.15) is 10.2 Å². The maximum atomic E-state index is 13.9. The molecule has 4 aromatic rings. The van der Waals surface area contributed by atoms with Crippen LogP contribution in [0, 0.1) is 11.6 Å². The minimum Gasteiger partial charge on any atom is -0.317 e. The zero-order valence-corrected chi connectivity index (χ0v) is 16.4. The molecule has 1 aliphatic rings. The predicted octanol–water partition coefficient (Wildman–Crippen LogP) is 2.91. The first-order valence-corrected chi connectivity index (χ1v) is 9.95. The second kappa shape index (κ2) is 7.88. The average Bonchev–Trinajstić information content (AvgIpc) is 3.38. The van der Waals surface area contributed by atoms with E-state index < -0.39 is 17.5 Å². The molecule has 0 radical (unpaired) electrons. The lowest BCUT2D eigenvalue weighted by Gasteiger charge is -2.20. The van der Waals surface area contributed by atoms with Crippen molar-refractivity contribution in [2.75, 3.05) is 18.4 Å². The molecular weight excluding hydrogens is 404 g/mol. The molecule has 1 aromatic carbocycles. The van der Waals surface area contributed by atoms with Crippen LogP contribution >= 0.6 is 0 Å². The van der Waals surface area contributed by atoms with Gasteiger partial charge in [0.1, 0.15) is 23.0 Å². The fourth-order valence-corrected chi connectivity index (χ4v) is 3.84. The number of piperidine rings is 1. The van der Waals surface area contributed by atoms with Crippen molar-refractivity contribution in [3.8, 4) is 5.69 Å². The highest BCUT2D eigenvalue weighted by Crippen LogP contribution is 2.29. The van der Waals surface area contributed by atoms with Gasteiger partial charge in [-0.05, 0) is 44.1 Å². The molecule has 1 amide bonds. The summed E-state index contributed by atoms with van der Waals surface area (Å²) in [6.45, 7) is 1.73. The van der Waals surface area contributed by atoms with E-state index in [1.165, 1.54) is 27.5 Å². The number of carbonyl (C=O) groups excluding carboxylic acids is 1. The second-order valence-corrected chi connectivity index (χ2v) is 7.42. The summed E-state index contributed by atoms with van der Waals surface area (Å²) < 4.78 is 30.6.